The highest BCUT2D eigenvalue weighted by Gasteiger charge is 1.91. The molecule has 19 heavy (non-hydrogen) atoms. The van der Waals surface area contributed by atoms with E-state index >= 15 is 0 Å². The molecule has 0 amide bonds. The molecule has 0 aromatic heterocycles. The smallest absolute Gasteiger partial charge is 0.330 e. The molecule has 0 saturated heterocycles. The van der Waals surface area contributed by atoms with E-state index in [1.54, 1.807) is 0 Å². The third kappa shape index (κ3) is 14.4. The predicted molar refractivity (Wildman–Crippen MR) is 82.0 cm³/mol. The van der Waals surface area contributed by atoms with Crippen molar-refractivity contribution >= 4 is 5.97 Å². The zero-order valence-electron chi connectivity index (χ0n) is 12.0. The standard InChI is InChI=1S/C17H26O2/c1-3-5-6-7-8-9-10-11-12-13-14-15-16-19-17(18)4-2/h4-6,8-9,13-14H,2-3,7,10-12,15-16H2,1H3/b6-5-,9-8?,14-13?. The summed E-state index contributed by atoms with van der Waals surface area (Å²) in [5.74, 6) is -0.351. The van der Waals surface area contributed by atoms with Crippen molar-refractivity contribution < 1.29 is 9.53 Å². The Morgan fingerprint density at radius 3 is 2.32 bits per heavy atom. The van der Waals surface area contributed by atoms with Crippen molar-refractivity contribution in [2.24, 2.45) is 0 Å². The summed E-state index contributed by atoms with van der Waals surface area (Å²) < 4.78 is 4.86. The van der Waals surface area contributed by atoms with E-state index < -0.39 is 0 Å². The molecule has 0 aliphatic rings. The summed E-state index contributed by atoms with van der Waals surface area (Å²) in [4.78, 5) is 10.7. The van der Waals surface area contributed by atoms with Crippen LogP contribution in [0.15, 0.2) is 49.1 Å². The molecule has 0 unspecified atom stereocenters. The molecule has 2 nitrogen and oxygen atoms in total. The maximum absolute atomic E-state index is 10.7. The average Bonchev–Trinajstić information content (AvgIpc) is 2.43. The fraction of sp³-hybridized carbons (Fsp3) is 0.471. The molecule has 0 saturated carbocycles. The number of esters is 1. The molecular formula is C17H26O2. The van der Waals surface area contributed by atoms with Crippen LogP contribution in [0.1, 0.15) is 45.4 Å². The van der Waals surface area contributed by atoms with Crippen LogP contribution in [0, 0.1) is 0 Å². The van der Waals surface area contributed by atoms with Gasteiger partial charge >= 0.3 is 5.97 Å². The molecule has 0 aromatic rings. The number of unbranched alkanes of at least 4 members (excludes halogenated alkanes) is 2. The van der Waals surface area contributed by atoms with Crippen LogP contribution in [0.2, 0.25) is 0 Å². The minimum Gasteiger partial charge on any atom is -0.462 e. The normalized spacial score (nSPS) is 11.6. The van der Waals surface area contributed by atoms with Gasteiger partial charge in [0.1, 0.15) is 0 Å². The van der Waals surface area contributed by atoms with Gasteiger partial charge in [-0.25, -0.2) is 4.79 Å². The minimum absolute atomic E-state index is 0.351. The summed E-state index contributed by atoms with van der Waals surface area (Å²) in [6.07, 6.45) is 20.5. The Kier molecular flexibility index (Phi) is 13.3. The highest BCUT2D eigenvalue weighted by Crippen LogP contribution is 2.00. The Bertz CT molecular complexity index is 311. The average molecular weight is 262 g/mol. The second-order valence-corrected chi connectivity index (χ2v) is 4.15. The highest BCUT2D eigenvalue weighted by atomic mass is 16.5. The molecule has 0 atom stereocenters. The van der Waals surface area contributed by atoms with Crippen LogP contribution in [0.25, 0.3) is 0 Å². The summed E-state index contributed by atoms with van der Waals surface area (Å²) in [7, 11) is 0. The lowest BCUT2D eigenvalue weighted by molar-refractivity contribution is -0.137. The van der Waals surface area contributed by atoms with E-state index in [0.29, 0.717) is 6.61 Å². The maximum atomic E-state index is 10.7. The number of carbonyl (C=O) groups excluding carboxylic acids is 1. The fourth-order valence-corrected chi connectivity index (χ4v) is 1.43. The topological polar surface area (TPSA) is 26.3 Å². The number of ether oxygens (including phenoxy) is 1. The Morgan fingerprint density at radius 1 is 1.00 bits per heavy atom. The van der Waals surface area contributed by atoms with Gasteiger partial charge in [0, 0.05) is 6.08 Å². The quantitative estimate of drug-likeness (QED) is 0.232. The fourth-order valence-electron chi connectivity index (χ4n) is 1.43. The summed E-state index contributed by atoms with van der Waals surface area (Å²) in [6, 6.07) is 0. The number of rotatable bonds is 11. The van der Waals surface area contributed by atoms with E-state index in [-0.39, 0.29) is 5.97 Å². The monoisotopic (exact) mass is 262 g/mol. The third-order valence-corrected chi connectivity index (χ3v) is 2.44. The highest BCUT2D eigenvalue weighted by molar-refractivity contribution is 5.81. The van der Waals surface area contributed by atoms with Crippen LogP contribution < -0.4 is 0 Å². The molecule has 0 bridgehead atoms. The summed E-state index contributed by atoms with van der Waals surface area (Å²) in [6.45, 7) is 5.92. The lowest BCUT2D eigenvalue weighted by atomic mass is 10.2. The van der Waals surface area contributed by atoms with Crippen LogP contribution in [0.3, 0.4) is 0 Å². The van der Waals surface area contributed by atoms with E-state index in [0.717, 1.165) is 38.5 Å². The molecule has 0 spiro atoms. The van der Waals surface area contributed by atoms with Crippen LogP contribution >= 0.6 is 0 Å². The van der Waals surface area contributed by atoms with Crippen molar-refractivity contribution in [3.63, 3.8) is 0 Å². The molecular weight excluding hydrogens is 236 g/mol. The van der Waals surface area contributed by atoms with Crippen molar-refractivity contribution in [1.82, 2.24) is 0 Å². The zero-order valence-corrected chi connectivity index (χ0v) is 12.0. The van der Waals surface area contributed by atoms with Crippen LogP contribution in [-0.4, -0.2) is 12.6 Å². The first-order valence-electron chi connectivity index (χ1n) is 7.05. The third-order valence-electron chi connectivity index (χ3n) is 2.44. The Balaban J connectivity index is 3.31. The minimum atomic E-state index is -0.351. The second kappa shape index (κ2) is 14.5. The molecule has 0 radical (unpaired) electrons. The first-order valence-corrected chi connectivity index (χ1v) is 7.05. The van der Waals surface area contributed by atoms with E-state index in [9.17, 15) is 4.79 Å². The van der Waals surface area contributed by atoms with Gasteiger partial charge in [-0.05, 0) is 38.5 Å². The first-order chi connectivity index (χ1) is 9.31. The molecule has 0 aromatic carbocycles. The van der Waals surface area contributed by atoms with E-state index in [2.05, 4.69) is 50.0 Å². The van der Waals surface area contributed by atoms with Crippen LogP contribution in [-0.2, 0) is 9.53 Å². The SMILES string of the molecule is C=CC(=O)OCCC=CCCCC=CC/C=C\CC. The van der Waals surface area contributed by atoms with Crippen molar-refractivity contribution in [3.05, 3.63) is 49.1 Å². The first kappa shape index (κ1) is 17.4. The number of hydrogen-bond acceptors (Lipinski definition) is 2. The summed E-state index contributed by atoms with van der Waals surface area (Å²) in [5, 5.41) is 0. The van der Waals surface area contributed by atoms with E-state index in [4.69, 9.17) is 4.74 Å². The van der Waals surface area contributed by atoms with Gasteiger partial charge in [-0.1, -0.05) is 50.0 Å². The summed E-state index contributed by atoms with van der Waals surface area (Å²) >= 11 is 0. The van der Waals surface area contributed by atoms with Gasteiger partial charge in [0.15, 0.2) is 0 Å². The molecule has 0 N–H and O–H groups in total. The van der Waals surface area contributed by atoms with Crippen molar-refractivity contribution in [1.29, 1.82) is 0 Å². The molecule has 106 valence electrons. The zero-order chi connectivity index (χ0) is 14.2. The van der Waals surface area contributed by atoms with Gasteiger partial charge in [-0.15, -0.1) is 0 Å². The van der Waals surface area contributed by atoms with Gasteiger partial charge in [0.25, 0.3) is 0 Å². The van der Waals surface area contributed by atoms with Gasteiger partial charge in [-0.3, -0.25) is 0 Å². The van der Waals surface area contributed by atoms with Crippen LogP contribution in [0.5, 0.6) is 0 Å². The van der Waals surface area contributed by atoms with Gasteiger partial charge in [-0.2, -0.15) is 0 Å². The van der Waals surface area contributed by atoms with Crippen molar-refractivity contribution in [3.8, 4) is 0 Å². The molecule has 0 fully saturated rings. The van der Waals surface area contributed by atoms with Gasteiger partial charge in [0.2, 0.25) is 0 Å². The van der Waals surface area contributed by atoms with Gasteiger partial charge in [0.05, 0.1) is 6.61 Å². The van der Waals surface area contributed by atoms with Crippen molar-refractivity contribution in [2.75, 3.05) is 6.61 Å². The largest absolute Gasteiger partial charge is 0.462 e. The second-order valence-electron chi connectivity index (χ2n) is 4.15. The van der Waals surface area contributed by atoms with Gasteiger partial charge < -0.3 is 4.74 Å². The molecule has 0 heterocycles. The predicted octanol–water partition coefficient (Wildman–Crippen LogP) is 4.74. The Hall–Kier alpha value is -1.57. The molecule has 2 heteroatoms. The van der Waals surface area contributed by atoms with Crippen molar-refractivity contribution in [2.45, 2.75) is 45.4 Å². The number of allylic oxidation sites excluding steroid dienone is 5. The number of hydrogen-bond donors (Lipinski definition) is 0. The molecule has 0 aliphatic carbocycles. The lowest BCUT2D eigenvalue weighted by Gasteiger charge is -1.97. The lowest BCUT2D eigenvalue weighted by Crippen LogP contribution is -2.00. The molecule has 0 aliphatic heterocycles. The number of carbonyl (C=O) groups is 1. The summed E-state index contributed by atoms with van der Waals surface area (Å²) in [5.41, 5.74) is 0. The van der Waals surface area contributed by atoms with E-state index in [1.807, 2.05) is 0 Å². The van der Waals surface area contributed by atoms with Crippen LogP contribution in [0.4, 0.5) is 0 Å². The maximum Gasteiger partial charge on any atom is 0.330 e. The van der Waals surface area contributed by atoms with E-state index in [1.165, 1.54) is 6.08 Å². The molecule has 0 rings (SSSR count). The Labute approximate surface area is 117 Å². The Morgan fingerprint density at radius 2 is 1.63 bits per heavy atom.